The number of ether oxygens (including phenoxy) is 1. The SMILES string of the molecule is COC1CN(c2cc(CCl)ccn2)CCC1C. The Bertz CT molecular complexity index is 372. The van der Waals surface area contributed by atoms with E-state index >= 15 is 0 Å². The molecular formula is C13H19ClN2O. The molecule has 1 saturated heterocycles. The van der Waals surface area contributed by atoms with Gasteiger partial charge in [-0.15, -0.1) is 11.6 Å². The number of alkyl halides is 1. The van der Waals surface area contributed by atoms with Gasteiger partial charge in [0.05, 0.1) is 6.10 Å². The van der Waals surface area contributed by atoms with Crippen LogP contribution in [-0.4, -0.2) is 31.3 Å². The van der Waals surface area contributed by atoms with E-state index in [9.17, 15) is 0 Å². The fraction of sp³-hybridized carbons (Fsp3) is 0.615. The van der Waals surface area contributed by atoms with Crippen molar-refractivity contribution < 1.29 is 4.74 Å². The van der Waals surface area contributed by atoms with Crippen LogP contribution in [0.4, 0.5) is 5.82 Å². The number of piperidine rings is 1. The van der Waals surface area contributed by atoms with Gasteiger partial charge in [-0.25, -0.2) is 4.98 Å². The summed E-state index contributed by atoms with van der Waals surface area (Å²) in [4.78, 5) is 6.70. The summed E-state index contributed by atoms with van der Waals surface area (Å²) in [6.07, 6.45) is 3.27. The first-order valence-electron chi connectivity index (χ1n) is 6.03. The Hall–Kier alpha value is -0.800. The third kappa shape index (κ3) is 2.90. The van der Waals surface area contributed by atoms with Crippen LogP contribution in [0, 0.1) is 5.92 Å². The van der Waals surface area contributed by atoms with E-state index in [-0.39, 0.29) is 0 Å². The number of hydrogen-bond donors (Lipinski definition) is 0. The minimum absolute atomic E-state index is 0.296. The molecule has 2 heterocycles. The second-order valence-corrected chi connectivity index (χ2v) is 4.91. The first-order valence-corrected chi connectivity index (χ1v) is 6.56. The van der Waals surface area contributed by atoms with E-state index in [1.54, 1.807) is 7.11 Å². The number of pyridine rings is 1. The van der Waals surface area contributed by atoms with Crippen molar-refractivity contribution in [2.24, 2.45) is 5.92 Å². The summed E-state index contributed by atoms with van der Waals surface area (Å²) in [6, 6.07) is 4.02. The first kappa shape index (κ1) is 12.7. The maximum Gasteiger partial charge on any atom is 0.128 e. The van der Waals surface area contributed by atoms with Crippen molar-refractivity contribution in [2.75, 3.05) is 25.1 Å². The second kappa shape index (κ2) is 5.69. The minimum atomic E-state index is 0.296. The van der Waals surface area contributed by atoms with Crippen LogP contribution >= 0.6 is 11.6 Å². The Kier molecular flexibility index (Phi) is 4.24. The Morgan fingerprint density at radius 1 is 1.59 bits per heavy atom. The Balaban J connectivity index is 2.11. The lowest BCUT2D eigenvalue weighted by Gasteiger charge is -2.37. The van der Waals surface area contributed by atoms with Gasteiger partial charge in [0.15, 0.2) is 0 Å². The molecule has 0 saturated carbocycles. The zero-order valence-electron chi connectivity index (χ0n) is 10.4. The molecule has 3 nitrogen and oxygen atoms in total. The molecule has 1 aliphatic heterocycles. The number of methoxy groups -OCH3 is 1. The highest BCUT2D eigenvalue weighted by atomic mass is 35.5. The number of aromatic nitrogens is 1. The molecule has 0 aliphatic carbocycles. The van der Waals surface area contributed by atoms with Crippen LogP contribution in [0.3, 0.4) is 0 Å². The summed E-state index contributed by atoms with van der Waals surface area (Å²) in [5.74, 6) is 2.16. The molecule has 4 heteroatoms. The van der Waals surface area contributed by atoms with E-state index < -0.39 is 0 Å². The van der Waals surface area contributed by atoms with Crippen molar-refractivity contribution in [1.29, 1.82) is 0 Å². The maximum atomic E-state index is 5.85. The predicted molar refractivity (Wildman–Crippen MR) is 70.6 cm³/mol. The molecule has 1 aromatic heterocycles. The number of rotatable bonds is 3. The number of nitrogens with zero attached hydrogens (tertiary/aromatic N) is 2. The topological polar surface area (TPSA) is 25.4 Å². The lowest BCUT2D eigenvalue weighted by molar-refractivity contribution is 0.0496. The van der Waals surface area contributed by atoms with Gasteiger partial charge in [0.2, 0.25) is 0 Å². The van der Waals surface area contributed by atoms with Crippen molar-refractivity contribution in [2.45, 2.75) is 25.3 Å². The van der Waals surface area contributed by atoms with E-state index in [1.165, 1.54) is 0 Å². The summed E-state index contributed by atoms with van der Waals surface area (Å²) in [6.45, 7) is 4.20. The average molecular weight is 255 g/mol. The van der Waals surface area contributed by atoms with E-state index in [0.717, 1.165) is 30.9 Å². The van der Waals surface area contributed by atoms with Gasteiger partial charge >= 0.3 is 0 Å². The van der Waals surface area contributed by atoms with Gasteiger partial charge in [-0.3, -0.25) is 0 Å². The Labute approximate surface area is 108 Å². The molecular weight excluding hydrogens is 236 g/mol. The van der Waals surface area contributed by atoms with Crippen LogP contribution in [0.25, 0.3) is 0 Å². The van der Waals surface area contributed by atoms with E-state index in [4.69, 9.17) is 16.3 Å². The highest BCUT2D eigenvalue weighted by molar-refractivity contribution is 6.17. The normalized spacial score (nSPS) is 25.0. The highest BCUT2D eigenvalue weighted by Crippen LogP contribution is 2.24. The second-order valence-electron chi connectivity index (χ2n) is 4.64. The fourth-order valence-electron chi connectivity index (χ4n) is 2.27. The van der Waals surface area contributed by atoms with Crippen LogP contribution in [-0.2, 0) is 10.6 Å². The molecule has 0 amide bonds. The van der Waals surface area contributed by atoms with Gasteiger partial charge in [0.1, 0.15) is 5.82 Å². The number of anilines is 1. The quantitative estimate of drug-likeness (QED) is 0.776. The molecule has 0 spiro atoms. The van der Waals surface area contributed by atoms with E-state index in [0.29, 0.717) is 17.9 Å². The Morgan fingerprint density at radius 3 is 3.12 bits per heavy atom. The van der Waals surface area contributed by atoms with Crippen molar-refractivity contribution in [3.05, 3.63) is 23.9 Å². The summed E-state index contributed by atoms with van der Waals surface area (Å²) in [5, 5.41) is 0. The van der Waals surface area contributed by atoms with Crippen LogP contribution < -0.4 is 4.90 Å². The van der Waals surface area contributed by atoms with Gasteiger partial charge in [-0.2, -0.15) is 0 Å². The fourth-order valence-corrected chi connectivity index (χ4v) is 2.43. The van der Waals surface area contributed by atoms with Crippen molar-refractivity contribution in [1.82, 2.24) is 4.98 Å². The summed E-state index contributed by atoms with van der Waals surface area (Å²) >= 11 is 5.85. The molecule has 0 N–H and O–H groups in total. The van der Waals surface area contributed by atoms with Crippen LogP contribution in [0.1, 0.15) is 18.9 Å². The third-order valence-electron chi connectivity index (χ3n) is 3.48. The zero-order valence-corrected chi connectivity index (χ0v) is 11.2. The number of halogens is 1. The van der Waals surface area contributed by atoms with Gasteiger partial charge in [0.25, 0.3) is 0 Å². The van der Waals surface area contributed by atoms with Crippen molar-refractivity contribution in [3.8, 4) is 0 Å². The molecule has 1 aromatic rings. The lowest BCUT2D eigenvalue weighted by atomic mass is 9.96. The average Bonchev–Trinajstić information content (AvgIpc) is 2.39. The Morgan fingerprint density at radius 2 is 2.41 bits per heavy atom. The predicted octanol–water partition coefficient (Wildman–Crippen LogP) is 2.68. The van der Waals surface area contributed by atoms with Gasteiger partial charge < -0.3 is 9.64 Å². The van der Waals surface area contributed by atoms with Crippen molar-refractivity contribution >= 4 is 17.4 Å². The molecule has 2 rings (SSSR count). The van der Waals surface area contributed by atoms with Crippen LogP contribution in [0.2, 0.25) is 0 Å². The molecule has 1 aliphatic rings. The standard InChI is InChI=1S/C13H19ClN2O/c1-10-4-6-16(9-12(10)17-2)13-7-11(8-14)3-5-15-13/h3,5,7,10,12H,4,6,8-9H2,1-2H3. The molecule has 0 aromatic carbocycles. The van der Waals surface area contributed by atoms with Gasteiger partial charge in [-0.05, 0) is 30.0 Å². The molecule has 2 unspecified atom stereocenters. The third-order valence-corrected chi connectivity index (χ3v) is 3.79. The minimum Gasteiger partial charge on any atom is -0.379 e. The van der Waals surface area contributed by atoms with Gasteiger partial charge in [0, 0.05) is 32.3 Å². The summed E-state index contributed by atoms with van der Waals surface area (Å²) < 4.78 is 5.52. The van der Waals surface area contributed by atoms with E-state index in [1.807, 2.05) is 12.3 Å². The monoisotopic (exact) mass is 254 g/mol. The van der Waals surface area contributed by atoms with Gasteiger partial charge in [-0.1, -0.05) is 6.92 Å². The molecule has 1 fully saturated rings. The van der Waals surface area contributed by atoms with Crippen molar-refractivity contribution in [3.63, 3.8) is 0 Å². The molecule has 2 atom stereocenters. The largest absolute Gasteiger partial charge is 0.379 e. The smallest absolute Gasteiger partial charge is 0.128 e. The first-order chi connectivity index (χ1) is 8.24. The molecule has 0 radical (unpaired) electrons. The maximum absolute atomic E-state index is 5.85. The lowest BCUT2D eigenvalue weighted by Crippen LogP contribution is -2.44. The summed E-state index contributed by atoms with van der Waals surface area (Å²) in [7, 11) is 1.79. The van der Waals surface area contributed by atoms with Crippen LogP contribution in [0.5, 0.6) is 0 Å². The zero-order chi connectivity index (χ0) is 12.3. The summed E-state index contributed by atoms with van der Waals surface area (Å²) in [5.41, 5.74) is 1.12. The molecule has 0 bridgehead atoms. The van der Waals surface area contributed by atoms with E-state index in [2.05, 4.69) is 22.9 Å². The molecule has 94 valence electrons. The van der Waals surface area contributed by atoms with Crippen LogP contribution in [0.15, 0.2) is 18.3 Å². The highest BCUT2D eigenvalue weighted by Gasteiger charge is 2.26. The number of hydrogen-bond acceptors (Lipinski definition) is 3. The molecule has 17 heavy (non-hydrogen) atoms.